The molecule has 0 aliphatic rings. The summed E-state index contributed by atoms with van der Waals surface area (Å²) in [6.45, 7) is 6.44. The molecule has 0 amide bonds. The van der Waals surface area contributed by atoms with Gasteiger partial charge in [-0.1, -0.05) is 48.9 Å². The summed E-state index contributed by atoms with van der Waals surface area (Å²) in [5.74, 6) is 0. The van der Waals surface area contributed by atoms with Crippen LogP contribution in [0.25, 0.3) is 0 Å². The number of aryl methyl sites for hydroxylation is 2. The summed E-state index contributed by atoms with van der Waals surface area (Å²) in [5, 5.41) is 7.30. The van der Waals surface area contributed by atoms with Gasteiger partial charge >= 0.3 is 0 Å². The van der Waals surface area contributed by atoms with Crippen LogP contribution >= 0.6 is 12.2 Å². The highest BCUT2D eigenvalue weighted by molar-refractivity contribution is 7.80. The number of anilines is 1. The van der Waals surface area contributed by atoms with Crippen LogP contribution in [-0.4, -0.2) is 5.11 Å². The van der Waals surface area contributed by atoms with Crippen molar-refractivity contribution in [2.75, 3.05) is 5.32 Å². The molecule has 1 unspecified atom stereocenters. The van der Waals surface area contributed by atoms with Gasteiger partial charge in [-0.25, -0.2) is 0 Å². The minimum absolute atomic E-state index is 0.231. The van der Waals surface area contributed by atoms with Gasteiger partial charge in [0, 0.05) is 5.69 Å². The molecule has 2 rings (SSSR count). The highest BCUT2D eigenvalue weighted by Gasteiger charge is 2.13. The van der Waals surface area contributed by atoms with Gasteiger partial charge in [0.05, 0.1) is 6.04 Å². The lowest BCUT2D eigenvalue weighted by Crippen LogP contribution is -2.32. The number of hydrogen-bond donors (Lipinski definition) is 2. The summed E-state index contributed by atoms with van der Waals surface area (Å²) in [4.78, 5) is 0. The molecule has 21 heavy (non-hydrogen) atoms. The third kappa shape index (κ3) is 4.30. The molecule has 0 heterocycles. The Kier molecular flexibility index (Phi) is 5.34. The summed E-state index contributed by atoms with van der Waals surface area (Å²) in [6.07, 6.45) is 0.987. The lowest BCUT2D eigenvalue weighted by molar-refractivity contribution is 0.625. The second-order valence-electron chi connectivity index (χ2n) is 5.29. The average molecular weight is 298 g/mol. The molecular weight excluding hydrogens is 276 g/mol. The van der Waals surface area contributed by atoms with E-state index in [-0.39, 0.29) is 6.04 Å². The predicted molar refractivity (Wildman–Crippen MR) is 94.7 cm³/mol. The summed E-state index contributed by atoms with van der Waals surface area (Å²) in [7, 11) is 0. The molecule has 0 bridgehead atoms. The van der Waals surface area contributed by atoms with Gasteiger partial charge in [0.1, 0.15) is 0 Å². The van der Waals surface area contributed by atoms with Crippen molar-refractivity contribution in [2.24, 2.45) is 0 Å². The van der Waals surface area contributed by atoms with Crippen molar-refractivity contribution in [2.45, 2.75) is 33.2 Å². The molecule has 0 saturated carbocycles. The minimum atomic E-state index is 0.231. The topological polar surface area (TPSA) is 24.1 Å². The van der Waals surface area contributed by atoms with Crippen molar-refractivity contribution < 1.29 is 0 Å². The third-order valence-corrected chi connectivity index (χ3v) is 3.77. The molecule has 1 atom stereocenters. The molecule has 0 aromatic heterocycles. The van der Waals surface area contributed by atoms with Crippen LogP contribution in [0, 0.1) is 13.8 Å². The van der Waals surface area contributed by atoms with Crippen LogP contribution in [0.4, 0.5) is 5.69 Å². The van der Waals surface area contributed by atoms with Crippen LogP contribution in [0.15, 0.2) is 48.5 Å². The van der Waals surface area contributed by atoms with E-state index >= 15 is 0 Å². The Balaban J connectivity index is 2.06. The van der Waals surface area contributed by atoms with Gasteiger partial charge in [-0.3, -0.25) is 0 Å². The van der Waals surface area contributed by atoms with E-state index in [1.807, 2.05) is 30.3 Å². The molecule has 3 heteroatoms. The minimum Gasteiger partial charge on any atom is -0.356 e. The maximum atomic E-state index is 5.43. The van der Waals surface area contributed by atoms with Crippen LogP contribution in [-0.2, 0) is 0 Å². The van der Waals surface area contributed by atoms with E-state index in [0.717, 1.165) is 12.1 Å². The van der Waals surface area contributed by atoms with Gasteiger partial charge in [0.2, 0.25) is 0 Å². The largest absolute Gasteiger partial charge is 0.356 e. The molecule has 2 nitrogen and oxygen atoms in total. The van der Waals surface area contributed by atoms with Gasteiger partial charge < -0.3 is 10.6 Å². The summed E-state index contributed by atoms with van der Waals surface area (Å²) < 4.78 is 0. The monoisotopic (exact) mass is 298 g/mol. The molecule has 0 radical (unpaired) electrons. The molecule has 0 saturated heterocycles. The SMILES string of the molecule is CCC(NC(=S)Nc1ccccc1)c1ccc(C)cc1C. The van der Waals surface area contributed by atoms with Crippen LogP contribution in [0.3, 0.4) is 0 Å². The van der Waals surface area contributed by atoms with E-state index in [1.165, 1.54) is 16.7 Å². The summed E-state index contributed by atoms with van der Waals surface area (Å²) >= 11 is 5.43. The van der Waals surface area contributed by atoms with Crippen LogP contribution in [0.2, 0.25) is 0 Å². The van der Waals surface area contributed by atoms with Crippen LogP contribution in [0.5, 0.6) is 0 Å². The van der Waals surface area contributed by atoms with Gasteiger partial charge in [0.15, 0.2) is 5.11 Å². The molecule has 2 aromatic carbocycles. The number of thiocarbonyl (C=S) groups is 1. The second-order valence-corrected chi connectivity index (χ2v) is 5.69. The summed E-state index contributed by atoms with van der Waals surface area (Å²) in [6, 6.07) is 16.8. The first-order chi connectivity index (χ1) is 10.1. The molecule has 0 spiro atoms. The van der Waals surface area contributed by atoms with Gasteiger partial charge in [-0.15, -0.1) is 0 Å². The third-order valence-electron chi connectivity index (χ3n) is 3.55. The first kappa shape index (κ1) is 15.5. The Morgan fingerprint density at radius 1 is 1.10 bits per heavy atom. The van der Waals surface area contributed by atoms with E-state index in [4.69, 9.17) is 12.2 Å². The lowest BCUT2D eigenvalue weighted by Gasteiger charge is -2.22. The quantitative estimate of drug-likeness (QED) is 0.797. The second kappa shape index (κ2) is 7.23. The van der Waals surface area contributed by atoms with Crippen LogP contribution in [0.1, 0.15) is 36.1 Å². The van der Waals surface area contributed by atoms with E-state index in [1.54, 1.807) is 0 Å². The van der Waals surface area contributed by atoms with Gasteiger partial charge in [-0.2, -0.15) is 0 Å². The molecule has 2 N–H and O–H groups in total. The Morgan fingerprint density at radius 2 is 1.81 bits per heavy atom. The first-order valence-corrected chi connectivity index (χ1v) is 7.70. The highest BCUT2D eigenvalue weighted by atomic mass is 32.1. The lowest BCUT2D eigenvalue weighted by atomic mass is 9.98. The molecule has 0 fully saturated rings. The Hall–Kier alpha value is -1.87. The van der Waals surface area contributed by atoms with E-state index in [9.17, 15) is 0 Å². The van der Waals surface area contributed by atoms with Gasteiger partial charge in [0.25, 0.3) is 0 Å². The maximum Gasteiger partial charge on any atom is 0.171 e. The predicted octanol–water partition coefficient (Wildman–Crippen LogP) is 4.74. The van der Waals surface area contributed by atoms with Crippen LogP contribution < -0.4 is 10.6 Å². The number of rotatable bonds is 4. The number of hydrogen-bond acceptors (Lipinski definition) is 1. The fraction of sp³-hybridized carbons (Fsp3) is 0.278. The molecular formula is C18H22N2S. The fourth-order valence-corrected chi connectivity index (χ4v) is 2.72. The molecule has 2 aromatic rings. The number of nitrogens with one attached hydrogen (secondary N) is 2. The Bertz CT molecular complexity index is 608. The molecule has 0 aliphatic carbocycles. The molecule has 0 aliphatic heterocycles. The maximum absolute atomic E-state index is 5.43. The van der Waals surface area contributed by atoms with Crippen molar-refractivity contribution in [1.82, 2.24) is 5.32 Å². The standard InChI is InChI=1S/C18H22N2S/c1-4-17(16-11-10-13(2)12-14(16)3)20-18(21)19-15-8-6-5-7-9-15/h5-12,17H,4H2,1-3H3,(H2,19,20,21). The fourth-order valence-electron chi connectivity index (χ4n) is 2.46. The Morgan fingerprint density at radius 3 is 2.43 bits per heavy atom. The zero-order valence-corrected chi connectivity index (χ0v) is 13.6. The zero-order valence-electron chi connectivity index (χ0n) is 12.8. The number of benzene rings is 2. The first-order valence-electron chi connectivity index (χ1n) is 7.30. The van der Waals surface area contributed by atoms with Crippen molar-refractivity contribution in [1.29, 1.82) is 0 Å². The molecule has 110 valence electrons. The van der Waals surface area contributed by atoms with Crippen molar-refractivity contribution in [3.05, 3.63) is 65.2 Å². The van der Waals surface area contributed by atoms with Crippen molar-refractivity contribution >= 4 is 23.0 Å². The van der Waals surface area contributed by atoms with E-state index in [0.29, 0.717) is 5.11 Å². The Labute approximate surface area is 132 Å². The highest BCUT2D eigenvalue weighted by Crippen LogP contribution is 2.21. The average Bonchev–Trinajstić information content (AvgIpc) is 2.46. The zero-order chi connectivity index (χ0) is 15.2. The van der Waals surface area contributed by atoms with Gasteiger partial charge in [-0.05, 0) is 55.7 Å². The van der Waals surface area contributed by atoms with E-state index in [2.05, 4.69) is 49.6 Å². The van der Waals surface area contributed by atoms with Crippen molar-refractivity contribution in [3.8, 4) is 0 Å². The normalized spacial score (nSPS) is 11.8. The van der Waals surface area contributed by atoms with E-state index < -0.39 is 0 Å². The number of para-hydroxylation sites is 1. The smallest absolute Gasteiger partial charge is 0.171 e. The summed E-state index contributed by atoms with van der Waals surface area (Å²) in [5.41, 5.74) is 4.90. The van der Waals surface area contributed by atoms with Crippen molar-refractivity contribution in [3.63, 3.8) is 0 Å².